The Balaban J connectivity index is 0.00000264. The number of hydrogen-bond donors (Lipinski definition) is 2. The number of aryl methyl sites for hydroxylation is 1. The van der Waals surface area contributed by atoms with Crippen LogP contribution in [0.2, 0.25) is 0 Å². The Morgan fingerprint density at radius 2 is 2.09 bits per heavy atom. The molecule has 23 heavy (non-hydrogen) atoms. The minimum absolute atomic E-state index is 0. The summed E-state index contributed by atoms with van der Waals surface area (Å²) in [7, 11) is 1.74. The smallest absolute Gasteiger partial charge is 0.191 e. The number of nitrogens with one attached hydrogen (secondary N) is 2. The van der Waals surface area contributed by atoms with Crippen molar-refractivity contribution in [2.75, 3.05) is 7.05 Å². The first-order valence-electron chi connectivity index (χ1n) is 7.45. The van der Waals surface area contributed by atoms with E-state index in [-0.39, 0.29) is 24.0 Å². The molecule has 0 aliphatic heterocycles. The van der Waals surface area contributed by atoms with E-state index in [9.17, 15) is 0 Å². The zero-order valence-corrected chi connectivity index (χ0v) is 17.1. The normalized spacial score (nSPS) is 11.4. The third-order valence-corrected chi connectivity index (χ3v) is 4.06. The molecule has 0 atom stereocenters. The first-order chi connectivity index (χ1) is 10.6. The highest BCUT2D eigenvalue weighted by Gasteiger charge is 2.07. The number of hydrogen-bond acceptors (Lipinski definition) is 5. The van der Waals surface area contributed by atoms with Crippen LogP contribution in [0.4, 0.5) is 0 Å². The van der Waals surface area contributed by atoms with E-state index >= 15 is 0 Å². The molecule has 0 fully saturated rings. The number of thiazole rings is 1. The van der Waals surface area contributed by atoms with Gasteiger partial charge in [0, 0.05) is 18.5 Å². The molecule has 0 radical (unpaired) electrons. The standard InChI is InChI=1S/C15H23N5OS.HI/c1-5-11-6-12(21-20-11)7-17-15(16-4)18-8-14-19-13(9-22-14)10(2)3;/h6,9-10H,5,7-8H2,1-4H3,(H2,16,17,18);1H. The Labute approximate surface area is 158 Å². The molecule has 2 aromatic rings. The molecular formula is C15H24IN5OS. The quantitative estimate of drug-likeness (QED) is 0.402. The summed E-state index contributed by atoms with van der Waals surface area (Å²) in [5.41, 5.74) is 2.10. The number of aliphatic imine (C=N–C) groups is 1. The van der Waals surface area contributed by atoms with E-state index in [1.807, 2.05) is 6.07 Å². The maximum Gasteiger partial charge on any atom is 0.191 e. The topological polar surface area (TPSA) is 75.3 Å². The average molecular weight is 449 g/mol. The van der Waals surface area contributed by atoms with Crippen LogP contribution in [-0.4, -0.2) is 23.1 Å². The van der Waals surface area contributed by atoms with E-state index in [4.69, 9.17) is 4.52 Å². The zero-order chi connectivity index (χ0) is 15.9. The molecule has 0 aliphatic carbocycles. The Bertz CT molecular complexity index is 623. The van der Waals surface area contributed by atoms with Gasteiger partial charge >= 0.3 is 0 Å². The highest BCUT2D eigenvalue weighted by molar-refractivity contribution is 14.0. The van der Waals surface area contributed by atoms with Gasteiger partial charge in [0.1, 0.15) is 5.01 Å². The predicted molar refractivity (Wildman–Crippen MR) is 105 cm³/mol. The lowest BCUT2D eigenvalue weighted by Crippen LogP contribution is -2.36. The molecule has 0 saturated carbocycles. The second kappa shape index (κ2) is 9.86. The number of rotatable bonds is 6. The van der Waals surface area contributed by atoms with Crippen molar-refractivity contribution in [2.24, 2.45) is 4.99 Å². The maximum atomic E-state index is 5.24. The van der Waals surface area contributed by atoms with Crippen LogP contribution in [0.5, 0.6) is 0 Å². The predicted octanol–water partition coefficient (Wildman–Crippen LogP) is 3.30. The van der Waals surface area contributed by atoms with Crippen molar-refractivity contribution in [3.05, 3.63) is 33.6 Å². The minimum Gasteiger partial charge on any atom is -0.359 e. The molecule has 0 saturated heterocycles. The highest BCUT2D eigenvalue weighted by atomic mass is 127. The molecule has 128 valence electrons. The van der Waals surface area contributed by atoms with Gasteiger partial charge in [0.05, 0.1) is 24.5 Å². The molecule has 0 amide bonds. The van der Waals surface area contributed by atoms with Crippen LogP contribution in [0.1, 0.15) is 48.8 Å². The van der Waals surface area contributed by atoms with Gasteiger partial charge in [0.25, 0.3) is 0 Å². The van der Waals surface area contributed by atoms with Gasteiger partial charge in [-0.2, -0.15) is 0 Å². The molecule has 2 heterocycles. The Morgan fingerprint density at radius 3 is 2.65 bits per heavy atom. The molecule has 6 nitrogen and oxygen atoms in total. The molecule has 8 heteroatoms. The van der Waals surface area contributed by atoms with Gasteiger partial charge in [-0.25, -0.2) is 4.98 Å². The van der Waals surface area contributed by atoms with Crippen molar-refractivity contribution < 1.29 is 4.52 Å². The van der Waals surface area contributed by atoms with Crippen molar-refractivity contribution in [3.63, 3.8) is 0 Å². The van der Waals surface area contributed by atoms with Crippen molar-refractivity contribution in [2.45, 2.75) is 46.2 Å². The van der Waals surface area contributed by atoms with Gasteiger partial charge < -0.3 is 15.2 Å². The summed E-state index contributed by atoms with van der Waals surface area (Å²) in [6.07, 6.45) is 0.874. The van der Waals surface area contributed by atoms with Crippen LogP contribution in [0.15, 0.2) is 21.0 Å². The SMILES string of the molecule is CCc1cc(CNC(=NC)NCc2nc(C(C)C)cs2)on1.I. The number of halogens is 1. The van der Waals surface area contributed by atoms with E-state index in [1.54, 1.807) is 18.4 Å². The van der Waals surface area contributed by atoms with Crippen molar-refractivity contribution in [3.8, 4) is 0 Å². The largest absolute Gasteiger partial charge is 0.359 e. The van der Waals surface area contributed by atoms with Crippen LogP contribution in [0.25, 0.3) is 0 Å². The molecule has 2 aromatic heterocycles. The van der Waals surface area contributed by atoms with Crippen molar-refractivity contribution in [1.29, 1.82) is 0 Å². The summed E-state index contributed by atoms with van der Waals surface area (Å²) in [6.45, 7) is 7.56. The molecule has 0 aliphatic rings. The summed E-state index contributed by atoms with van der Waals surface area (Å²) in [6, 6.07) is 1.95. The van der Waals surface area contributed by atoms with Gasteiger partial charge in [-0.3, -0.25) is 4.99 Å². The fraction of sp³-hybridized carbons (Fsp3) is 0.533. The lowest BCUT2D eigenvalue weighted by atomic mass is 10.2. The first kappa shape index (κ1) is 19.9. The van der Waals surface area contributed by atoms with Crippen molar-refractivity contribution in [1.82, 2.24) is 20.8 Å². The van der Waals surface area contributed by atoms with Crippen LogP contribution in [0, 0.1) is 0 Å². The monoisotopic (exact) mass is 449 g/mol. The fourth-order valence-electron chi connectivity index (χ4n) is 1.83. The van der Waals surface area contributed by atoms with Crippen LogP contribution < -0.4 is 10.6 Å². The number of aromatic nitrogens is 2. The van der Waals surface area contributed by atoms with Gasteiger partial charge in [0.2, 0.25) is 0 Å². The lowest BCUT2D eigenvalue weighted by molar-refractivity contribution is 0.374. The molecule has 2 N–H and O–H groups in total. The third-order valence-electron chi connectivity index (χ3n) is 3.19. The Hall–Kier alpha value is -1.16. The van der Waals surface area contributed by atoms with Crippen LogP contribution in [-0.2, 0) is 19.5 Å². The first-order valence-corrected chi connectivity index (χ1v) is 8.33. The summed E-state index contributed by atoms with van der Waals surface area (Å²) in [5, 5.41) is 13.6. The Morgan fingerprint density at radius 1 is 1.35 bits per heavy atom. The van der Waals surface area contributed by atoms with Crippen LogP contribution in [0.3, 0.4) is 0 Å². The number of guanidine groups is 1. The van der Waals surface area contributed by atoms with Crippen LogP contribution >= 0.6 is 35.3 Å². The molecular weight excluding hydrogens is 425 g/mol. The average Bonchev–Trinajstić information content (AvgIpc) is 3.16. The second-order valence-electron chi connectivity index (χ2n) is 5.24. The van der Waals surface area contributed by atoms with E-state index in [1.165, 1.54) is 0 Å². The van der Waals surface area contributed by atoms with E-state index in [0.29, 0.717) is 19.0 Å². The zero-order valence-electron chi connectivity index (χ0n) is 13.9. The van der Waals surface area contributed by atoms with Crippen molar-refractivity contribution >= 4 is 41.3 Å². The summed E-state index contributed by atoms with van der Waals surface area (Å²) in [5.74, 6) is 1.98. The highest BCUT2D eigenvalue weighted by Crippen LogP contribution is 2.17. The van der Waals surface area contributed by atoms with Gasteiger partial charge in [-0.1, -0.05) is 25.9 Å². The molecule has 0 unspecified atom stereocenters. The van der Waals surface area contributed by atoms with Gasteiger partial charge in [0.15, 0.2) is 11.7 Å². The molecule has 2 rings (SSSR count). The molecule has 0 aromatic carbocycles. The third kappa shape index (κ3) is 6.09. The number of nitrogens with zero attached hydrogens (tertiary/aromatic N) is 3. The maximum absolute atomic E-state index is 5.24. The lowest BCUT2D eigenvalue weighted by Gasteiger charge is -2.09. The van der Waals surface area contributed by atoms with E-state index in [2.05, 4.69) is 51.9 Å². The van der Waals surface area contributed by atoms with Gasteiger partial charge in [-0.15, -0.1) is 35.3 Å². The Kier molecular flexibility index (Phi) is 8.53. The van der Waals surface area contributed by atoms with E-state index < -0.39 is 0 Å². The summed E-state index contributed by atoms with van der Waals surface area (Å²) in [4.78, 5) is 8.79. The summed E-state index contributed by atoms with van der Waals surface area (Å²) < 4.78 is 5.24. The van der Waals surface area contributed by atoms with Gasteiger partial charge in [-0.05, 0) is 12.3 Å². The summed E-state index contributed by atoms with van der Waals surface area (Å²) >= 11 is 1.67. The van der Waals surface area contributed by atoms with E-state index in [0.717, 1.165) is 34.5 Å². The molecule has 0 bridgehead atoms. The minimum atomic E-state index is 0. The second-order valence-corrected chi connectivity index (χ2v) is 6.18. The fourth-order valence-corrected chi connectivity index (χ4v) is 2.72. The molecule has 0 spiro atoms.